The molecule has 164 valence electrons. The largest absolute Gasteiger partial charge is 0.465 e. The van der Waals surface area contributed by atoms with Gasteiger partial charge in [-0.3, -0.25) is 19.1 Å². The molecule has 31 heavy (non-hydrogen) atoms. The lowest BCUT2D eigenvalue weighted by Crippen LogP contribution is -2.35. The number of thioether (sulfide) groups is 1. The van der Waals surface area contributed by atoms with Gasteiger partial charge in [0.1, 0.15) is 4.83 Å². The molecule has 0 spiro atoms. The SMILES string of the molecule is CCOC(=O)CSc1nc2sc3c(c2c(=O)n1-c1ccc(C)cc1)CCN(C(C)C)C3. The van der Waals surface area contributed by atoms with Crippen LogP contribution in [0.5, 0.6) is 0 Å². The molecule has 0 bridgehead atoms. The van der Waals surface area contributed by atoms with E-state index in [1.54, 1.807) is 22.8 Å². The van der Waals surface area contributed by atoms with Crippen molar-refractivity contribution < 1.29 is 9.53 Å². The molecule has 1 aliphatic rings. The van der Waals surface area contributed by atoms with E-state index in [1.807, 2.05) is 31.2 Å². The highest BCUT2D eigenvalue weighted by Gasteiger charge is 2.26. The minimum absolute atomic E-state index is 0.0595. The van der Waals surface area contributed by atoms with Crippen LogP contribution in [0.4, 0.5) is 0 Å². The molecule has 0 radical (unpaired) electrons. The summed E-state index contributed by atoms with van der Waals surface area (Å²) in [5.74, 6) is -0.195. The Hall–Kier alpha value is -2.16. The minimum atomic E-state index is -0.310. The van der Waals surface area contributed by atoms with Crippen LogP contribution in [0.25, 0.3) is 15.9 Å². The van der Waals surface area contributed by atoms with E-state index in [0.717, 1.165) is 46.5 Å². The first kappa shape index (κ1) is 22.0. The van der Waals surface area contributed by atoms with E-state index in [2.05, 4.69) is 18.7 Å². The maximum atomic E-state index is 13.7. The third-order valence-electron chi connectivity index (χ3n) is 5.52. The molecule has 4 rings (SSSR count). The summed E-state index contributed by atoms with van der Waals surface area (Å²) in [6.07, 6.45) is 0.855. The highest BCUT2D eigenvalue weighted by molar-refractivity contribution is 7.99. The van der Waals surface area contributed by atoms with Gasteiger partial charge in [-0.05, 0) is 51.8 Å². The summed E-state index contributed by atoms with van der Waals surface area (Å²) >= 11 is 2.85. The quantitative estimate of drug-likeness (QED) is 0.314. The summed E-state index contributed by atoms with van der Waals surface area (Å²) in [5.41, 5.74) is 2.96. The summed E-state index contributed by atoms with van der Waals surface area (Å²) < 4.78 is 6.71. The number of carbonyl (C=O) groups is 1. The monoisotopic (exact) mass is 457 g/mol. The van der Waals surface area contributed by atoms with Crippen molar-refractivity contribution in [2.75, 3.05) is 18.9 Å². The summed E-state index contributed by atoms with van der Waals surface area (Å²) in [6, 6.07) is 8.28. The van der Waals surface area contributed by atoms with Gasteiger partial charge in [-0.1, -0.05) is 29.5 Å². The first-order valence-electron chi connectivity index (χ1n) is 10.6. The Balaban J connectivity index is 1.84. The number of nitrogens with zero attached hydrogens (tertiary/aromatic N) is 3. The van der Waals surface area contributed by atoms with Crippen molar-refractivity contribution in [1.82, 2.24) is 14.5 Å². The van der Waals surface area contributed by atoms with Crippen molar-refractivity contribution in [3.8, 4) is 5.69 Å². The summed E-state index contributed by atoms with van der Waals surface area (Å²) in [4.78, 5) is 35.0. The van der Waals surface area contributed by atoms with Crippen LogP contribution < -0.4 is 5.56 Å². The van der Waals surface area contributed by atoms with Crippen LogP contribution in [-0.2, 0) is 22.5 Å². The number of carbonyl (C=O) groups excluding carboxylic acids is 1. The zero-order valence-corrected chi connectivity index (χ0v) is 19.9. The van der Waals surface area contributed by atoms with E-state index in [-0.39, 0.29) is 17.3 Å². The number of hydrogen-bond acceptors (Lipinski definition) is 7. The molecule has 1 aromatic carbocycles. The van der Waals surface area contributed by atoms with E-state index < -0.39 is 0 Å². The number of benzene rings is 1. The molecule has 0 amide bonds. The molecule has 0 saturated heterocycles. The molecule has 0 saturated carbocycles. The molecule has 1 aliphatic heterocycles. The maximum absolute atomic E-state index is 13.7. The zero-order chi connectivity index (χ0) is 22.1. The molecule has 0 aliphatic carbocycles. The minimum Gasteiger partial charge on any atom is -0.465 e. The molecule has 3 aromatic rings. The van der Waals surface area contributed by atoms with Crippen molar-refractivity contribution in [3.63, 3.8) is 0 Å². The van der Waals surface area contributed by atoms with E-state index in [1.165, 1.54) is 16.6 Å². The number of hydrogen-bond donors (Lipinski definition) is 0. The summed E-state index contributed by atoms with van der Waals surface area (Å²) in [7, 11) is 0. The average molecular weight is 458 g/mol. The Morgan fingerprint density at radius 3 is 2.71 bits per heavy atom. The van der Waals surface area contributed by atoms with Gasteiger partial charge < -0.3 is 4.74 Å². The van der Waals surface area contributed by atoms with Crippen LogP contribution in [0.3, 0.4) is 0 Å². The number of ether oxygens (including phenoxy) is 1. The first-order chi connectivity index (χ1) is 14.9. The number of fused-ring (bicyclic) bond motifs is 3. The van der Waals surface area contributed by atoms with Gasteiger partial charge in [0.05, 0.1) is 23.4 Å². The molecule has 6 nitrogen and oxygen atoms in total. The lowest BCUT2D eigenvalue weighted by molar-refractivity contribution is -0.139. The molecule has 0 N–H and O–H groups in total. The van der Waals surface area contributed by atoms with Crippen LogP contribution in [-0.4, -0.2) is 45.4 Å². The topological polar surface area (TPSA) is 64.4 Å². The van der Waals surface area contributed by atoms with Crippen LogP contribution in [0.2, 0.25) is 0 Å². The van der Waals surface area contributed by atoms with Gasteiger partial charge in [0, 0.05) is 24.0 Å². The van der Waals surface area contributed by atoms with Crippen molar-refractivity contribution in [3.05, 3.63) is 50.6 Å². The number of aromatic nitrogens is 2. The maximum Gasteiger partial charge on any atom is 0.316 e. The molecule has 0 atom stereocenters. The predicted octanol–water partition coefficient (Wildman–Crippen LogP) is 4.18. The molecule has 0 fully saturated rings. The second-order valence-electron chi connectivity index (χ2n) is 7.96. The third-order valence-corrected chi connectivity index (χ3v) is 7.54. The Bertz CT molecular complexity index is 1170. The highest BCUT2D eigenvalue weighted by Crippen LogP contribution is 2.34. The second kappa shape index (κ2) is 9.14. The lowest BCUT2D eigenvalue weighted by atomic mass is 10.0. The molecule has 3 heterocycles. The predicted molar refractivity (Wildman–Crippen MR) is 127 cm³/mol. The number of aryl methyl sites for hydroxylation is 1. The van der Waals surface area contributed by atoms with Gasteiger partial charge in [0.15, 0.2) is 5.16 Å². The van der Waals surface area contributed by atoms with Gasteiger partial charge in [0.25, 0.3) is 5.56 Å². The Kier molecular flexibility index (Phi) is 6.50. The lowest BCUT2D eigenvalue weighted by Gasteiger charge is -2.30. The van der Waals surface area contributed by atoms with Crippen LogP contribution >= 0.6 is 23.1 Å². The van der Waals surface area contributed by atoms with Gasteiger partial charge in [-0.2, -0.15) is 0 Å². The summed E-state index contributed by atoms with van der Waals surface area (Å²) in [6.45, 7) is 10.3. The van der Waals surface area contributed by atoms with Gasteiger partial charge in [0.2, 0.25) is 0 Å². The van der Waals surface area contributed by atoms with Crippen LogP contribution in [0, 0.1) is 6.92 Å². The number of thiophene rings is 1. The average Bonchev–Trinajstić information content (AvgIpc) is 3.11. The van der Waals surface area contributed by atoms with Gasteiger partial charge in [-0.25, -0.2) is 4.98 Å². The summed E-state index contributed by atoms with van der Waals surface area (Å²) in [5, 5.41) is 1.25. The van der Waals surface area contributed by atoms with E-state index >= 15 is 0 Å². The molecular weight excluding hydrogens is 430 g/mol. The van der Waals surface area contributed by atoms with Gasteiger partial charge >= 0.3 is 5.97 Å². The number of rotatable bonds is 6. The van der Waals surface area contributed by atoms with E-state index in [0.29, 0.717) is 17.8 Å². The van der Waals surface area contributed by atoms with Crippen LogP contribution in [0.1, 0.15) is 36.8 Å². The second-order valence-corrected chi connectivity index (χ2v) is 9.99. The Labute approximate surface area is 190 Å². The third kappa shape index (κ3) is 4.42. The number of esters is 1. The van der Waals surface area contributed by atoms with Crippen molar-refractivity contribution in [2.45, 2.75) is 51.9 Å². The Morgan fingerprint density at radius 2 is 2.03 bits per heavy atom. The highest BCUT2D eigenvalue weighted by atomic mass is 32.2. The van der Waals surface area contributed by atoms with E-state index in [4.69, 9.17) is 9.72 Å². The Morgan fingerprint density at radius 1 is 1.29 bits per heavy atom. The zero-order valence-electron chi connectivity index (χ0n) is 18.3. The van der Waals surface area contributed by atoms with Crippen molar-refractivity contribution in [2.24, 2.45) is 0 Å². The van der Waals surface area contributed by atoms with Crippen molar-refractivity contribution in [1.29, 1.82) is 0 Å². The molecule has 0 unspecified atom stereocenters. The van der Waals surface area contributed by atoms with E-state index in [9.17, 15) is 9.59 Å². The molecular formula is C23H27N3O3S2. The van der Waals surface area contributed by atoms with Crippen molar-refractivity contribution >= 4 is 39.3 Å². The van der Waals surface area contributed by atoms with Gasteiger partial charge in [-0.15, -0.1) is 11.3 Å². The normalized spacial score (nSPS) is 14.2. The standard InChI is InChI=1S/C23H27N3O3S2/c1-5-29-19(27)13-30-23-24-21-20(17-10-11-25(14(2)3)12-18(17)31-21)22(28)26(23)16-8-6-15(4)7-9-16/h6-9,14H,5,10-13H2,1-4H3. The smallest absolute Gasteiger partial charge is 0.316 e. The molecule has 2 aromatic heterocycles. The van der Waals surface area contributed by atoms with Crippen LogP contribution in [0.15, 0.2) is 34.2 Å². The molecule has 8 heteroatoms. The first-order valence-corrected chi connectivity index (χ1v) is 12.4. The fourth-order valence-corrected chi connectivity index (χ4v) is 5.93. The fraction of sp³-hybridized carbons (Fsp3) is 0.435. The fourth-order valence-electron chi connectivity index (χ4n) is 3.83.